The van der Waals surface area contributed by atoms with Crippen LogP contribution < -0.4 is 4.74 Å². The van der Waals surface area contributed by atoms with Gasteiger partial charge in [-0.05, 0) is 32.0 Å². The second-order valence-electron chi connectivity index (χ2n) is 3.86. The van der Waals surface area contributed by atoms with Crippen molar-refractivity contribution in [2.45, 2.75) is 19.4 Å². The molecule has 0 saturated heterocycles. The van der Waals surface area contributed by atoms with Crippen molar-refractivity contribution >= 4 is 23.5 Å². The molecule has 1 aromatic rings. The minimum atomic E-state index is -1.52. The van der Waals surface area contributed by atoms with Gasteiger partial charge < -0.3 is 14.9 Å². The number of aliphatic carboxylic acids is 1. The summed E-state index contributed by atoms with van der Waals surface area (Å²) >= 11 is 5.66. The zero-order valence-corrected chi connectivity index (χ0v) is 9.99. The monoisotopic (exact) mass is 258 g/mol. The summed E-state index contributed by atoms with van der Waals surface area (Å²) in [5, 5.41) is 18.1. The molecule has 0 atom stereocenters. The van der Waals surface area contributed by atoms with E-state index < -0.39 is 17.5 Å². The fraction of sp³-hybridized carbons (Fsp3) is 0.273. The molecule has 0 saturated carbocycles. The molecule has 0 bridgehead atoms. The van der Waals surface area contributed by atoms with E-state index in [1.807, 2.05) is 0 Å². The highest BCUT2D eigenvalue weighted by Gasteiger charge is 2.31. The fourth-order valence-electron chi connectivity index (χ4n) is 1.08. The number of carboxylic acids is 2. The first-order valence-corrected chi connectivity index (χ1v) is 5.07. The second-order valence-corrected chi connectivity index (χ2v) is 4.30. The maximum atomic E-state index is 10.9. The Morgan fingerprint density at radius 2 is 1.88 bits per heavy atom. The van der Waals surface area contributed by atoms with E-state index in [-0.39, 0.29) is 16.3 Å². The Bertz CT molecular complexity index is 467. The highest BCUT2D eigenvalue weighted by atomic mass is 35.5. The van der Waals surface area contributed by atoms with Gasteiger partial charge in [0, 0.05) is 5.02 Å². The average Bonchev–Trinajstić information content (AvgIpc) is 2.19. The highest BCUT2D eigenvalue weighted by molar-refractivity contribution is 6.31. The molecule has 0 fully saturated rings. The Morgan fingerprint density at radius 1 is 1.29 bits per heavy atom. The third-order valence-electron chi connectivity index (χ3n) is 2.05. The van der Waals surface area contributed by atoms with Crippen molar-refractivity contribution in [3.63, 3.8) is 0 Å². The lowest BCUT2D eigenvalue weighted by molar-refractivity contribution is -0.152. The Hall–Kier alpha value is -1.75. The Morgan fingerprint density at radius 3 is 2.35 bits per heavy atom. The van der Waals surface area contributed by atoms with Gasteiger partial charge in [0.05, 0.1) is 0 Å². The highest BCUT2D eigenvalue weighted by Crippen LogP contribution is 2.26. The molecule has 0 unspecified atom stereocenters. The van der Waals surface area contributed by atoms with Gasteiger partial charge in [-0.15, -0.1) is 0 Å². The van der Waals surface area contributed by atoms with Crippen molar-refractivity contribution in [3.8, 4) is 5.75 Å². The quantitative estimate of drug-likeness (QED) is 0.866. The molecule has 5 nitrogen and oxygen atoms in total. The third-order valence-corrected chi connectivity index (χ3v) is 2.29. The normalized spacial score (nSPS) is 11.0. The van der Waals surface area contributed by atoms with Gasteiger partial charge in [0.15, 0.2) is 5.60 Å². The minimum Gasteiger partial charge on any atom is -0.478 e. The number of aromatic carboxylic acids is 1. The van der Waals surface area contributed by atoms with Crippen LogP contribution in [0, 0.1) is 0 Å². The maximum Gasteiger partial charge on any atom is 0.347 e. The van der Waals surface area contributed by atoms with Crippen LogP contribution in [-0.4, -0.2) is 27.8 Å². The molecule has 1 rings (SSSR count). The lowest BCUT2D eigenvalue weighted by atomic mass is 10.1. The third kappa shape index (κ3) is 3.10. The number of rotatable bonds is 4. The van der Waals surface area contributed by atoms with Gasteiger partial charge in [-0.2, -0.15) is 0 Å². The average molecular weight is 259 g/mol. The van der Waals surface area contributed by atoms with Crippen LogP contribution in [0.1, 0.15) is 24.2 Å². The SMILES string of the molecule is CC(C)(Oc1ccc(Cl)cc1C(=O)O)C(=O)O. The van der Waals surface area contributed by atoms with Crippen molar-refractivity contribution in [2.75, 3.05) is 0 Å². The van der Waals surface area contributed by atoms with Crippen molar-refractivity contribution in [1.29, 1.82) is 0 Å². The van der Waals surface area contributed by atoms with Crippen LogP contribution in [0.2, 0.25) is 5.02 Å². The number of carbonyl (C=O) groups is 2. The van der Waals surface area contributed by atoms with Crippen LogP contribution in [0.25, 0.3) is 0 Å². The van der Waals surface area contributed by atoms with E-state index >= 15 is 0 Å². The molecule has 0 spiro atoms. The molecule has 0 aromatic heterocycles. The van der Waals surface area contributed by atoms with E-state index in [2.05, 4.69) is 0 Å². The zero-order valence-electron chi connectivity index (χ0n) is 9.23. The molecule has 0 amide bonds. The molecule has 0 heterocycles. The van der Waals surface area contributed by atoms with E-state index in [1.54, 1.807) is 0 Å². The minimum absolute atomic E-state index is 0.0331. The van der Waals surface area contributed by atoms with Crippen molar-refractivity contribution in [3.05, 3.63) is 28.8 Å². The first-order chi connectivity index (χ1) is 7.74. The standard InChI is InChI=1S/C11H11ClO5/c1-11(2,10(15)16)17-8-4-3-6(12)5-7(8)9(13)14/h3-5H,1-2H3,(H,13,14)(H,15,16). The fourth-order valence-corrected chi connectivity index (χ4v) is 1.25. The molecule has 0 aliphatic rings. The summed E-state index contributed by atoms with van der Waals surface area (Å²) in [7, 11) is 0. The summed E-state index contributed by atoms with van der Waals surface area (Å²) in [6.07, 6.45) is 0. The summed E-state index contributed by atoms with van der Waals surface area (Å²) in [5.41, 5.74) is -1.69. The van der Waals surface area contributed by atoms with Crippen molar-refractivity contribution < 1.29 is 24.5 Å². The predicted molar refractivity (Wildman–Crippen MR) is 60.8 cm³/mol. The van der Waals surface area contributed by atoms with Crippen LogP contribution in [0.3, 0.4) is 0 Å². The largest absolute Gasteiger partial charge is 0.478 e. The van der Waals surface area contributed by atoms with E-state index in [1.165, 1.54) is 32.0 Å². The van der Waals surface area contributed by atoms with Gasteiger partial charge in [-0.3, -0.25) is 0 Å². The molecule has 17 heavy (non-hydrogen) atoms. The van der Waals surface area contributed by atoms with Gasteiger partial charge >= 0.3 is 11.9 Å². The summed E-state index contributed by atoms with van der Waals surface area (Å²) < 4.78 is 5.17. The summed E-state index contributed by atoms with van der Waals surface area (Å²) in [6.45, 7) is 2.66. The number of halogens is 1. The lowest BCUT2D eigenvalue weighted by Crippen LogP contribution is -2.38. The van der Waals surface area contributed by atoms with Crippen LogP contribution in [-0.2, 0) is 4.79 Å². The van der Waals surface area contributed by atoms with Crippen LogP contribution in [0.4, 0.5) is 0 Å². The molecule has 1 aromatic carbocycles. The molecule has 6 heteroatoms. The Balaban J connectivity index is 3.15. The number of hydrogen-bond acceptors (Lipinski definition) is 3. The predicted octanol–water partition coefficient (Wildman–Crippen LogP) is 2.28. The maximum absolute atomic E-state index is 10.9. The van der Waals surface area contributed by atoms with Crippen LogP contribution in [0.15, 0.2) is 18.2 Å². The number of carboxylic acid groups (broad SMARTS) is 2. The molecule has 0 aliphatic carbocycles. The molecule has 0 radical (unpaired) electrons. The molecule has 92 valence electrons. The number of benzene rings is 1. The van der Waals surface area contributed by atoms with Crippen LogP contribution in [0.5, 0.6) is 5.75 Å². The second kappa shape index (κ2) is 4.63. The van der Waals surface area contributed by atoms with Crippen LogP contribution >= 0.6 is 11.6 Å². The zero-order chi connectivity index (χ0) is 13.2. The van der Waals surface area contributed by atoms with E-state index in [4.69, 9.17) is 26.6 Å². The van der Waals surface area contributed by atoms with E-state index in [9.17, 15) is 9.59 Å². The van der Waals surface area contributed by atoms with Gasteiger partial charge in [-0.1, -0.05) is 11.6 Å². The first kappa shape index (κ1) is 13.3. The first-order valence-electron chi connectivity index (χ1n) is 4.69. The van der Waals surface area contributed by atoms with Gasteiger partial charge in [0.1, 0.15) is 11.3 Å². The molecule has 2 N–H and O–H groups in total. The Labute approximate surface area is 103 Å². The van der Waals surface area contributed by atoms with E-state index in [0.717, 1.165) is 0 Å². The molecular formula is C11H11ClO5. The van der Waals surface area contributed by atoms with E-state index in [0.29, 0.717) is 0 Å². The number of hydrogen-bond donors (Lipinski definition) is 2. The van der Waals surface area contributed by atoms with Crippen molar-refractivity contribution in [2.24, 2.45) is 0 Å². The topological polar surface area (TPSA) is 83.8 Å². The summed E-state index contributed by atoms with van der Waals surface area (Å²) in [5.74, 6) is -2.46. The smallest absolute Gasteiger partial charge is 0.347 e. The van der Waals surface area contributed by atoms with Crippen molar-refractivity contribution in [1.82, 2.24) is 0 Å². The Kier molecular flexibility index (Phi) is 3.63. The van der Waals surface area contributed by atoms with Gasteiger partial charge in [0.2, 0.25) is 0 Å². The molecule has 0 aliphatic heterocycles. The van der Waals surface area contributed by atoms with Gasteiger partial charge in [-0.25, -0.2) is 9.59 Å². The lowest BCUT2D eigenvalue weighted by Gasteiger charge is -2.22. The number of ether oxygens (including phenoxy) is 1. The summed E-state index contributed by atoms with van der Waals surface area (Å²) in [4.78, 5) is 21.8. The molecular weight excluding hydrogens is 248 g/mol. The van der Waals surface area contributed by atoms with Gasteiger partial charge in [0.25, 0.3) is 0 Å². The summed E-state index contributed by atoms with van der Waals surface area (Å²) in [6, 6.07) is 3.97.